The van der Waals surface area contributed by atoms with E-state index in [9.17, 15) is 8.42 Å². The van der Waals surface area contributed by atoms with Crippen molar-refractivity contribution in [3.63, 3.8) is 0 Å². The predicted octanol–water partition coefficient (Wildman–Crippen LogP) is 4.92. The van der Waals surface area contributed by atoms with Crippen molar-refractivity contribution in [3.05, 3.63) is 90.8 Å². The number of pyridine rings is 1. The van der Waals surface area contributed by atoms with E-state index in [0.29, 0.717) is 11.4 Å². The van der Waals surface area contributed by atoms with E-state index < -0.39 is 9.84 Å². The zero-order valence-electron chi connectivity index (χ0n) is 15.5. The maximum atomic E-state index is 11.8. The van der Waals surface area contributed by atoms with E-state index in [2.05, 4.69) is 40.6 Å². The van der Waals surface area contributed by atoms with Crippen molar-refractivity contribution in [2.75, 3.05) is 11.6 Å². The molecule has 5 heteroatoms. The summed E-state index contributed by atoms with van der Waals surface area (Å²) in [4.78, 5) is 4.61. The lowest BCUT2D eigenvalue weighted by Crippen LogP contribution is -2.00. The largest absolute Gasteiger partial charge is 0.380 e. The average Bonchev–Trinajstić information content (AvgIpc) is 2.72. The number of sulfone groups is 1. The van der Waals surface area contributed by atoms with Gasteiger partial charge in [0.1, 0.15) is 0 Å². The smallest absolute Gasteiger partial charge is 0.175 e. The second-order valence-electron chi connectivity index (χ2n) is 6.80. The van der Waals surface area contributed by atoms with Crippen molar-refractivity contribution >= 4 is 26.3 Å². The van der Waals surface area contributed by atoms with Gasteiger partial charge in [-0.25, -0.2) is 8.42 Å². The molecule has 0 aliphatic carbocycles. The van der Waals surface area contributed by atoms with Gasteiger partial charge >= 0.3 is 0 Å². The minimum atomic E-state index is -3.24. The Kier molecular flexibility index (Phi) is 4.84. The highest BCUT2D eigenvalue weighted by Gasteiger charge is 2.09. The number of hydrogen-bond donors (Lipinski definition) is 1. The van der Waals surface area contributed by atoms with Crippen LogP contribution in [0, 0.1) is 0 Å². The molecule has 3 aromatic carbocycles. The van der Waals surface area contributed by atoms with Crippen LogP contribution in [0.25, 0.3) is 21.9 Å². The first kappa shape index (κ1) is 18.2. The number of nitrogens with one attached hydrogen (secondary N) is 1. The summed E-state index contributed by atoms with van der Waals surface area (Å²) in [7, 11) is -3.24. The van der Waals surface area contributed by atoms with Gasteiger partial charge in [-0.05, 0) is 46.2 Å². The number of fused-ring (bicyclic) bond motifs is 1. The van der Waals surface area contributed by atoms with Gasteiger partial charge in [0, 0.05) is 30.8 Å². The minimum absolute atomic E-state index is 0.305. The van der Waals surface area contributed by atoms with Gasteiger partial charge in [-0.2, -0.15) is 0 Å². The van der Waals surface area contributed by atoms with E-state index in [1.54, 1.807) is 30.6 Å². The highest BCUT2D eigenvalue weighted by molar-refractivity contribution is 7.90. The number of rotatable bonds is 5. The lowest BCUT2D eigenvalue weighted by atomic mass is 10.1. The van der Waals surface area contributed by atoms with E-state index >= 15 is 0 Å². The van der Waals surface area contributed by atoms with Crippen LogP contribution in [0.15, 0.2) is 90.1 Å². The topological polar surface area (TPSA) is 59.1 Å². The number of hydrogen-bond acceptors (Lipinski definition) is 4. The highest BCUT2D eigenvalue weighted by atomic mass is 32.2. The molecule has 0 saturated heterocycles. The van der Waals surface area contributed by atoms with Crippen LogP contribution in [0.2, 0.25) is 0 Å². The first-order chi connectivity index (χ1) is 13.5. The molecule has 0 aliphatic heterocycles. The van der Waals surface area contributed by atoms with Gasteiger partial charge < -0.3 is 5.32 Å². The van der Waals surface area contributed by atoms with Crippen LogP contribution in [0.3, 0.4) is 0 Å². The summed E-state index contributed by atoms with van der Waals surface area (Å²) in [6.45, 7) is 0.680. The van der Waals surface area contributed by atoms with Gasteiger partial charge in [0.2, 0.25) is 0 Å². The standard InChI is InChI=1S/C23H20N2O2S/c1-28(26,27)23-8-4-7-20(13-23)21-12-22(16-24-15-21)25-14-17-9-10-18-5-2-3-6-19(18)11-17/h2-13,15-16,25H,14H2,1H3. The Morgan fingerprint density at radius 1 is 0.821 bits per heavy atom. The Morgan fingerprint density at radius 3 is 2.46 bits per heavy atom. The molecule has 1 heterocycles. The van der Waals surface area contributed by atoms with Gasteiger partial charge in [-0.3, -0.25) is 4.98 Å². The molecule has 1 aromatic heterocycles. The Hall–Kier alpha value is -3.18. The summed E-state index contributed by atoms with van der Waals surface area (Å²) in [5.74, 6) is 0. The van der Waals surface area contributed by atoms with Crippen LogP contribution in [-0.2, 0) is 16.4 Å². The first-order valence-corrected chi connectivity index (χ1v) is 10.9. The molecular formula is C23H20N2O2S. The third-order valence-electron chi connectivity index (χ3n) is 4.64. The average molecular weight is 388 g/mol. The van der Waals surface area contributed by atoms with E-state index in [-0.39, 0.29) is 0 Å². The quantitative estimate of drug-likeness (QED) is 0.527. The molecule has 0 spiro atoms. The molecule has 0 saturated carbocycles. The molecule has 0 atom stereocenters. The van der Waals surface area contributed by atoms with Gasteiger partial charge in [0.05, 0.1) is 10.6 Å². The molecule has 0 bridgehead atoms. The molecular weight excluding hydrogens is 368 g/mol. The van der Waals surface area contributed by atoms with Crippen molar-refractivity contribution in [3.8, 4) is 11.1 Å². The lowest BCUT2D eigenvalue weighted by molar-refractivity contribution is 0.602. The monoisotopic (exact) mass is 388 g/mol. The van der Waals surface area contributed by atoms with Crippen LogP contribution in [0.4, 0.5) is 5.69 Å². The molecule has 0 fully saturated rings. The first-order valence-electron chi connectivity index (χ1n) is 8.96. The number of anilines is 1. The maximum absolute atomic E-state index is 11.8. The van der Waals surface area contributed by atoms with Crippen LogP contribution < -0.4 is 5.32 Å². The van der Waals surface area contributed by atoms with E-state index in [1.165, 1.54) is 22.6 Å². The number of nitrogens with zero attached hydrogens (tertiary/aromatic N) is 1. The van der Waals surface area contributed by atoms with Crippen LogP contribution in [0.5, 0.6) is 0 Å². The summed E-state index contributed by atoms with van der Waals surface area (Å²) in [6, 6.07) is 23.6. The third-order valence-corrected chi connectivity index (χ3v) is 5.75. The Bertz CT molecular complexity index is 1250. The summed E-state index contributed by atoms with van der Waals surface area (Å²) in [5.41, 5.74) is 3.76. The minimum Gasteiger partial charge on any atom is -0.380 e. The van der Waals surface area contributed by atoms with E-state index in [0.717, 1.165) is 16.8 Å². The zero-order chi connectivity index (χ0) is 19.6. The summed E-state index contributed by atoms with van der Waals surface area (Å²) in [6.07, 6.45) is 4.72. The molecule has 140 valence electrons. The fourth-order valence-electron chi connectivity index (χ4n) is 3.15. The molecule has 0 radical (unpaired) electrons. The zero-order valence-corrected chi connectivity index (χ0v) is 16.3. The normalized spacial score (nSPS) is 11.5. The van der Waals surface area contributed by atoms with Crippen molar-refractivity contribution in [2.45, 2.75) is 11.4 Å². The molecule has 28 heavy (non-hydrogen) atoms. The SMILES string of the molecule is CS(=O)(=O)c1cccc(-c2cncc(NCc3ccc4ccccc4c3)c2)c1. The third kappa shape index (κ3) is 4.05. The fraction of sp³-hybridized carbons (Fsp3) is 0.0870. The van der Waals surface area contributed by atoms with Crippen molar-refractivity contribution in [2.24, 2.45) is 0 Å². The Morgan fingerprint density at radius 2 is 1.64 bits per heavy atom. The molecule has 1 N–H and O–H groups in total. The fourth-order valence-corrected chi connectivity index (χ4v) is 3.82. The van der Waals surface area contributed by atoms with Gasteiger partial charge in [0.15, 0.2) is 9.84 Å². The Balaban J connectivity index is 1.55. The second kappa shape index (κ2) is 7.44. The molecule has 4 aromatic rings. The van der Waals surface area contributed by atoms with E-state index in [1.807, 2.05) is 24.3 Å². The second-order valence-corrected chi connectivity index (χ2v) is 8.81. The molecule has 4 rings (SSSR count). The lowest BCUT2D eigenvalue weighted by Gasteiger charge is -2.10. The summed E-state index contributed by atoms with van der Waals surface area (Å²) < 4.78 is 23.6. The van der Waals surface area contributed by atoms with Gasteiger partial charge in [-0.15, -0.1) is 0 Å². The van der Waals surface area contributed by atoms with Crippen LogP contribution in [0.1, 0.15) is 5.56 Å². The predicted molar refractivity (Wildman–Crippen MR) is 114 cm³/mol. The molecule has 0 unspecified atom stereocenters. The number of aromatic nitrogens is 1. The van der Waals surface area contributed by atoms with Crippen molar-refractivity contribution in [1.29, 1.82) is 0 Å². The molecule has 0 amide bonds. The number of benzene rings is 3. The summed E-state index contributed by atoms with van der Waals surface area (Å²) in [5, 5.41) is 5.84. The van der Waals surface area contributed by atoms with E-state index in [4.69, 9.17) is 0 Å². The van der Waals surface area contributed by atoms with Crippen molar-refractivity contribution in [1.82, 2.24) is 4.98 Å². The van der Waals surface area contributed by atoms with Crippen LogP contribution >= 0.6 is 0 Å². The van der Waals surface area contributed by atoms with Gasteiger partial charge in [-0.1, -0.05) is 48.5 Å². The van der Waals surface area contributed by atoms with Crippen LogP contribution in [-0.4, -0.2) is 19.7 Å². The Labute approximate surface area is 164 Å². The van der Waals surface area contributed by atoms with Crippen molar-refractivity contribution < 1.29 is 8.42 Å². The highest BCUT2D eigenvalue weighted by Crippen LogP contribution is 2.24. The maximum Gasteiger partial charge on any atom is 0.175 e. The van der Waals surface area contributed by atoms with Gasteiger partial charge in [0.25, 0.3) is 0 Å². The molecule has 0 aliphatic rings. The molecule has 4 nitrogen and oxygen atoms in total. The summed E-state index contributed by atoms with van der Waals surface area (Å²) >= 11 is 0.